The van der Waals surface area contributed by atoms with Crippen molar-refractivity contribution in [1.82, 2.24) is 0 Å². The van der Waals surface area contributed by atoms with Gasteiger partial charge < -0.3 is 0 Å². The molecule has 0 heterocycles. The third-order valence-electron chi connectivity index (χ3n) is 7.26. The number of allylic oxidation sites excluding steroid dienone is 6. The molecule has 1 saturated carbocycles. The van der Waals surface area contributed by atoms with Gasteiger partial charge in [-0.2, -0.15) is 0 Å². The van der Waals surface area contributed by atoms with E-state index in [-0.39, 0.29) is 10.8 Å². The minimum Gasteiger partial charge on any atom is -0.216 e. The Labute approximate surface area is 161 Å². The third-order valence-corrected chi connectivity index (χ3v) is 7.26. The number of hydrogen-bond acceptors (Lipinski definition) is 0. The summed E-state index contributed by atoms with van der Waals surface area (Å²) in [5, 5.41) is 0. The van der Waals surface area contributed by atoms with Crippen molar-refractivity contribution in [3.8, 4) is 0 Å². The highest BCUT2D eigenvalue weighted by molar-refractivity contribution is 5.26. The first-order chi connectivity index (χ1) is 12.3. The minimum absolute atomic E-state index is 0.0921. The monoisotopic (exact) mass is 358 g/mol. The molecule has 2 aliphatic carbocycles. The lowest BCUT2D eigenvalue weighted by atomic mass is 9.58. The zero-order valence-corrected chi connectivity index (χ0v) is 17.6. The van der Waals surface area contributed by atoms with Gasteiger partial charge in [0.15, 0.2) is 0 Å². The van der Waals surface area contributed by atoms with Crippen molar-refractivity contribution >= 4 is 0 Å². The van der Waals surface area contributed by atoms with Gasteiger partial charge in [-0.15, -0.1) is 6.58 Å². The summed E-state index contributed by atoms with van der Waals surface area (Å²) >= 11 is 0. The highest BCUT2D eigenvalue weighted by Crippen LogP contribution is 2.55. The highest BCUT2D eigenvalue weighted by atomic mass is 19.1. The predicted octanol–water partition coefficient (Wildman–Crippen LogP) is 8.04. The lowest BCUT2D eigenvalue weighted by Crippen LogP contribution is -2.39. The number of rotatable bonds is 12. The second-order valence-electron chi connectivity index (χ2n) is 9.28. The normalized spacial score (nSPS) is 26.1. The van der Waals surface area contributed by atoms with Crippen LogP contribution in [0.15, 0.2) is 48.9 Å². The summed E-state index contributed by atoms with van der Waals surface area (Å²) in [6, 6.07) is 0. The topological polar surface area (TPSA) is 0 Å². The van der Waals surface area contributed by atoms with Gasteiger partial charge in [-0.05, 0) is 61.3 Å². The Morgan fingerprint density at radius 3 is 2.50 bits per heavy atom. The first-order valence-electron chi connectivity index (χ1n) is 10.6. The first-order valence-corrected chi connectivity index (χ1v) is 10.6. The van der Waals surface area contributed by atoms with Crippen LogP contribution in [0.4, 0.5) is 4.39 Å². The first kappa shape index (κ1) is 21.2. The number of halogens is 1. The maximum atomic E-state index is 13.2. The molecule has 146 valence electrons. The van der Waals surface area contributed by atoms with Crippen LogP contribution in [0.25, 0.3) is 0 Å². The third kappa shape index (κ3) is 4.78. The van der Waals surface area contributed by atoms with Crippen LogP contribution in [0.3, 0.4) is 0 Å². The molecule has 0 amide bonds. The van der Waals surface area contributed by atoms with Crippen LogP contribution in [-0.2, 0) is 0 Å². The quantitative estimate of drug-likeness (QED) is 0.310. The molecule has 4 atom stereocenters. The summed E-state index contributed by atoms with van der Waals surface area (Å²) in [5.74, 6) is 2.18. The molecular weight excluding hydrogens is 319 g/mol. The fourth-order valence-corrected chi connectivity index (χ4v) is 4.99. The molecule has 3 unspecified atom stereocenters. The van der Waals surface area contributed by atoms with Crippen LogP contribution in [-0.4, -0.2) is 0 Å². The molecule has 1 fully saturated rings. The second kappa shape index (κ2) is 8.72. The fraction of sp³-hybridized carbons (Fsp3) is 0.680. The van der Waals surface area contributed by atoms with E-state index in [0.29, 0.717) is 17.8 Å². The average molecular weight is 359 g/mol. The molecule has 0 aromatic carbocycles. The van der Waals surface area contributed by atoms with Crippen molar-refractivity contribution in [3.63, 3.8) is 0 Å². The van der Waals surface area contributed by atoms with E-state index in [0.717, 1.165) is 31.5 Å². The second-order valence-corrected chi connectivity index (χ2v) is 9.28. The van der Waals surface area contributed by atoms with Gasteiger partial charge in [0.25, 0.3) is 0 Å². The fourth-order valence-electron chi connectivity index (χ4n) is 4.99. The average Bonchev–Trinajstić information content (AvgIpc) is 3.52. The zero-order valence-electron chi connectivity index (χ0n) is 17.6. The van der Waals surface area contributed by atoms with E-state index in [1.165, 1.54) is 19.3 Å². The van der Waals surface area contributed by atoms with Crippen LogP contribution in [0.1, 0.15) is 73.1 Å². The Kier molecular flexibility index (Phi) is 7.11. The molecule has 0 radical (unpaired) electrons. The van der Waals surface area contributed by atoms with Crippen LogP contribution in [0.2, 0.25) is 0 Å². The Hall–Kier alpha value is -1.11. The molecule has 0 saturated heterocycles. The Morgan fingerprint density at radius 1 is 1.31 bits per heavy atom. The van der Waals surface area contributed by atoms with E-state index in [2.05, 4.69) is 65.5 Å². The van der Waals surface area contributed by atoms with Gasteiger partial charge in [-0.3, -0.25) is 0 Å². The molecule has 0 bridgehead atoms. The minimum atomic E-state index is -0.0921. The summed E-state index contributed by atoms with van der Waals surface area (Å²) in [5.41, 5.74) is 1.70. The molecule has 2 aliphatic rings. The van der Waals surface area contributed by atoms with E-state index in [1.54, 1.807) is 5.57 Å². The van der Waals surface area contributed by atoms with Crippen molar-refractivity contribution < 1.29 is 4.39 Å². The van der Waals surface area contributed by atoms with Crippen molar-refractivity contribution in [2.45, 2.75) is 73.1 Å². The van der Waals surface area contributed by atoms with Crippen molar-refractivity contribution in [2.75, 3.05) is 0 Å². The standard InChI is InChI=1S/C25H39F/c1-7-10-21-17-22(21)12-11-20(8-2)18-24(5,6)19(4)25(9-3,15-16-26)23-13-14-23/h8,12-16,19-21,23H,2,7,9-11,17-18H2,1,3-6H3/b16-15-,22-12-/t19?,20-,21?,25?/m0/s1. The molecule has 0 nitrogen and oxygen atoms in total. The molecule has 0 aromatic rings. The highest BCUT2D eigenvalue weighted by Gasteiger charge is 2.47. The summed E-state index contributed by atoms with van der Waals surface area (Å²) in [4.78, 5) is 0. The smallest absolute Gasteiger partial charge is 0.0833 e. The van der Waals surface area contributed by atoms with Gasteiger partial charge in [0.05, 0.1) is 6.33 Å². The SMILES string of the molecule is C=C[C@@H](C/C=C1/CC1CCC)CC(C)(C)C(C)C(/C=C\F)(CC)C1C=C1. The maximum absolute atomic E-state index is 13.2. The molecule has 2 rings (SSSR count). The van der Waals surface area contributed by atoms with Crippen LogP contribution < -0.4 is 0 Å². The largest absolute Gasteiger partial charge is 0.216 e. The van der Waals surface area contributed by atoms with Gasteiger partial charge in [0.2, 0.25) is 0 Å². The van der Waals surface area contributed by atoms with Crippen molar-refractivity contribution in [1.29, 1.82) is 0 Å². The molecule has 0 spiro atoms. The summed E-state index contributed by atoms with van der Waals surface area (Å²) < 4.78 is 13.2. The van der Waals surface area contributed by atoms with E-state index in [4.69, 9.17) is 0 Å². The Balaban J connectivity index is 2.03. The molecule has 0 N–H and O–H groups in total. The molecule has 0 aliphatic heterocycles. The Morgan fingerprint density at radius 2 is 2.00 bits per heavy atom. The van der Waals surface area contributed by atoms with Crippen LogP contribution >= 0.6 is 0 Å². The number of hydrogen-bond donors (Lipinski definition) is 0. The van der Waals surface area contributed by atoms with Crippen molar-refractivity contribution in [3.05, 3.63) is 48.9 Å². The van der Waals surface area contributed by atoms with Crippen LogP contribution in [0.5, 0.6) is 0 Å². The molecule has 26 heavy (non-hydrogen) atoms. The van der Waals surface area contributed by atoms with Gasteiger partial charge >= 0.3 is 0 Å². The van der Waals surface area contributed by atoms with E-state index in [9.17, 15) is 4.39 Å². The van der Waals surface area contributed by atoms with Gasteiger partial charge in [-0.25, -0.2) is 4.39 Å². The van der Waals surface area contributed by atoms with Crippen molar-refractivity contribution in [2.24, 2.45) is 34.5 Å². The molecule has 0 aromatic heterocycles. The van der Waals surface area contributed by atoms with E-state index >= 15 is 0 Å². The van der Waals surface area contributed by atoms with Gasteiger partial charge in [0.1, 0.15) is 0 Å². The van der Waals surface area contributed by atoms with Gasteiger partial charge in [-0.1, -0.05) is 70.9 Å². The predicted molar refractivity (Wildman–Crippen MR) is 113 cm³/mol. The molecular formula is C25H39F. The van der Waals surface area contributed by atoms with E-state index in [1.807, 2.05) is 6.08 Å². The van der Waals surface area contributed by atoms with E-state index < -0.39 is 0 Å². The Bertz CT molecular complexity index is 559. The van der Waals surface area contributed by atoms with Crippen LogP contribution in [0, 0.1) is 34.5 Å². The summed E-state index contributed by atoms with van der Waals surface area (Å²) in [6.45, 7) is 15.6. The lowest BCUT2D eigenvalue weighted by molar-refractivity contribution is 0.0641. The molecule has 1 heteroatoms. The maximum Gasteiger partial charge on any atom is 0.0833 e. The summed E-state index contributed by atoms with van der Waals surface area (Å²) in [6.07, 6.45) is 18.8. The lowest BCUT2D eigenvalue weighted by Gasteiger charge is -2.46. The zero-order chi connectivity index (χ0) is 19.4. The summed E-state index contributed by atoms with van der Waals surface area (Å²) in [7, 11) is 0. The van der Waals surface area contributed by atoms with Gasteiger partial charge in [0, 0.05) is 11.3 Å².